The van der Waals surface area contributed by atoms with E-state index < -0.39 is 10.0 Å². The summed E-state index contributed by atoms with van der Waals surface area (Å²) in [4.78, 5) is 6.20. The fourth-order valence-electron chi connectivity index (χ4n) is 2.56. The van der Waals surface area contributed by atoms with Gasteiger partial charge in [-0.05, 0) is 18.2 Å². The molecule has 2 aromatic rings. The van der Waals surface area contributed by atoms with Crippen molar-refractivity contribution in [3.8, 4) is 0 Å². The predicted octanol–water partition coefficient (Wildman–Crippen LogP) is 1.26. The number of piperazine rings is 1. The molecule has 0 spiro atoms. The zero-order chi connectivity index (χ0) is 15.0. The van der Waals surface area contributed by atoms with E-state index in [1.54, 1.807) is 12.3 Å². The summed E-state index contributed by atoms with van der Waals surface area (Å²) in [6, 6.07) is 7.49. The van der Waals surface area contributed by atoms with Gasteiger partial charge < -0.3 is 4.90 Å². The van der Waals surface area contributed by atoms with E-state index in [0.29, 0.717) is 37.1 Å². The van der Waals surface area contributed by atoms with Crippen LogP contribution in [-0.2, 0) is 10.0 Å². The molecule has 0 aliphatic carbocycles. The molecule has 1 fully saturated rings. The largest absolute Gasteiger partial charge is 0.368 e. The van der Waals surface area contributed by atoms with Crippen molar-refractivity contribution in [1.29, 1.82) is 0 Å². The molecule has 1 aliphatic heterocycles. The Hall–Kier alpha value is -1.73. The molecule has 1 radical (unpaired) electrons. The van der Waals surface area contributed by atoms with Gasteiger partial charge in [0.25, 0.3) is 0 Å². The summed E-state index contributed by atoms with van der Waals surface area (Å²) in [7, 11) is -3.16. The number of hydrogen-bond acceptors (Lipinski definition) is 4. The van der Waals surface area contributed by atoms with Gasteiger partial charge in [0.05, 0.1) is 17.5 Å². The van der Waals surface area contributed by atoms with Crippen molar-refractivity contribution in [2.24, 2.45) is 0 Å². The fraction of sp³-hybridized carbons (Fsp3) is 0.357. The molecule has 0 N–H and O–H groups in total. The third-order valence-corrected chi connectivity index (χ3v) is 4.95. The molecule has 0 bridgehead atoms. The first kappa shape index (κ1) is 14.2. The third-order valence-electron chi connectivity index (χ3n) is 3.64. The van der Waals surface area contributed by atoms with Crippen LogP contribution in [0.5, 0.6) is 0 Å². The second kappa shape index (κ2) is 5.23. The maximum Gasteiger partial charge on any atom is 0.211 e. The first-order valence-electron chi connectivity index (χ1n) is 6.61. The minimum atomic E-state index is -3.16. The molecule has 0 saturated carbocycles. The standard InChI is InChI=1S/C14H15FN3O2S/c1-21(19,20)18-8-6-17(7-9-18)14-4-5-16-13-3-2-11(15)10-12(13)14/h2-3,5,10H,6-9H2,1H3. The van der Waals surface area contributed by atoms with E-state index in [2.05, 4.69) is 11.1 Å². The number of benzene rings is 1. The van der Waals surface area contributed by atoms with Gasteiger partial charge in [0, 0.05) is 43.8 Å². The maximum atomic E-state index is 13.5. The summed E-state index contributed by atoms with van der Waals surface area (Å²) < 4.78 is 38.0. The molecule has 3 rings (SSSR count). The van der Waals surface area contributed by atoms with E-state index in [-0.39, 0.29) is 5.82 Å². The molecule has 0 amide bonds. The highest BCUT2D eigenvalue weighted by Gasteiger charge is 2.24. The molecule has 1 aromatic heterocycles. The molecule has 7 heteroatoms. The van der Waals surface area contributed by atoms with Crippen LogP contribution in [0.4, 0.5) is 10.1 Å². The summed E-state index contributed by atoms with van der Waals surface area (Å²) >= 11 is 0. The minimum absolute atomic E-state index is 0.320. The van der Waals surface area contributed by atoms with Crippen molar-refractivity contribution < 1.29 is 12.8 Å². The predicted molar refractivity (Wildman–Crippen MR) is 79.2 cm³/mol. The van der Waals surface area contributed by atoms with E-state index in [1.807, 2.05) is 4.90 Å². The Labute approximate surface area is 123 Å². The zero-order valence-corrected chi connectivity index (χ0v) is 12.4. The summed E-state index contributed by atoms with van der Waals surface area (Å²) in [6.07, 6.45) is 2.78. The molecule has 21 heavy (non-hydrogen) atoms. The van der Waals surface area contributed by atoms with Crippen molar-refractivity contribution in [3.63, 3.8) is 0 Å². The van der Waals surface area contributed by atoms with Crippen molar-refractivity contribution in [2.45, 2.75) is 0 Å². The van der Waals surface area contributed by atoms with Gasteiger partial charge in [-0.1, -0.05) is 0 Å². The van der Waals surface area contributed by atoms with Gasteiger partial charge in [0.15, 0.2) is 0 Å². The van der Waals surface area contributed by atoms with E-state index in [4.69, 9.17) is 0 Å². The summed E-state index contributed by atoms with van der Waals surface area (Å²) in [5, 5.41) is 0.699. The second-order valence-electron chi connectivity index (χ2n) is 5.06. The van der Waals surface area contributed by atoms with Crippen molar-refractivity contribution in [1.82, 2.24) is 9.29 Å². The van der Waals surface area contributed by atoms with Crippen LogP contribution in [0.25, 0.3) is 10.9 Å². The van der Waals surface area contributed by atoms with Gasteiger partial charge in [-0.2, -0.15) is 4.31 Å². The van der Waals surface area contributed by atoms with Crippen LogP contribution in [-0.4, -0.2) is 50.1 Å². The van der Waals surface area contributed by atoms with Gasteiger partial charge in [0.2, 0.25) is 10.0 Å². The lowest BCUT2D eigenvalue weighted by Crippen LogP contribution is -2.48. The smallest absolute Gasteiger partial charge is 0.211 e. The Morgan fingerprint density at radius 2 is 1.95 bits per heavy atom. The van der Waals surface area contributed by atoms with Crippen LogP contribution in [0.1, 0.15) is 0 Å². The van der Waals surface area contributed by atoms with Gasteiger partial charge in [-0.25, -0.2) is 12.8 Å². The Morgan fingerprint density at radius 3 is 2.62 bits per heavy atom. The zero-order valence-electron chi connectivity index (χ0n) is 11.6. The Bertz CT molecular complexity index is 771. The molecule has 0 unspecified atom stereocenters. The number of nitrogens with zero attached hydrogens (tertiary/aromatic N) is 3. The quantitative estimate of drug-likeness (QED) is 0.838. The lowest BCUT2D eigenvalue weighted by molar-refractivity contribution is 0.388. The number of anilines is 1. The van der Waals surface area contributed by atoms with E-state index in [1.165, 1.54) is 22.7 Å². The van der Waals surface area contributed by atoms with Gasteiger partial charge in [-0.15, -0.1) is 0 Å². The normalized spacial score (nSPS) is 17.3. The first-order chi connectivity index (χ1) is 9.95. The highest BCUT2D eigenvalue weighted by atomic mass is 32.2. The third kappa shape index (κ3) is 2.84. The molecule has 111 valence electrons. The van der Waals surface area contributed by atoms with Crippen molar-refractivity contribution in [3.05, 3.63) is 36.3 Å². The summed E-state index contributed by atoms with van der Waals surface area (Å²) in [5.74, 6) is -0.320. The Balaban J connectivity index is 1.91. The van der Waals surface area contributed by atoms with Crippen LogP contribution in [0.15, 0.2) is 24.4 Å². The lowest BCUT2D eigenvalue weighted by Gasteiger charge is -2.35. The van der Waals surface area contributed by atoms with E-state index in [9.17, 15) is 12.8 Å². The number of aromatic nitrogens is 1. The molecule has 1 aliphatic rings. The maximum absolute atomic E-state index is 13.5. The van der Waals surface area contributed by atoms with Crippen molar-refractivity contribution in [2.75, 3.05) is 37.3 Å². The number of halogens is 1. The highest BCUT2D eigenvalue weighted by Crippen LogP contribution is 2.26. The van der Waals surface area contributed by atoms with Gasteiger partial charge in [0.1, 0.15) is 5.82 Å². The Kier molecular flexibility index (Phi) is 3.54. The van der Waals surface area contributed by atoms with Crippen LogP contribution in [0, 0.1) is 11.9 Å². The average molecular weight is 308 g/mol. The number of pyridine rings is 1. The lowest BCUT2D eigenvalue weighted by atomic mass is 10.1. The van der Waals surface area contributed by atoms with Crippen LogP contribution < -0.4 is 4.90 Å². The van der Waals surface area contributed by atoms with Gasteiger partial charge in [-0.3, -0.25) is 4.98 Å². The van der Waals surface area contributed by atoms with Crippen LogP contribution >= 0.6 is 0 Å². The summed E-state index contributed by atoms with van der Waals surface area (Å²) in [5.41, 5.74) is 1.48. The first-order valence-corrected chi connectivity index (χ1v) is 8.46. The van der Waals surface area contributed by atoms with Crippen LogP contribution in [0.2, 0.25) is 0 Å². The van der Waals surface area contributed by atoms with E-state index >= 15 is 0 Å². The fourth-order valence-corrected chi connectivity index (χ4v) is 3.38. The number of hydrogen-bond donors (Lipinski definition) is 0. The SMILES string of the molecule is CS(=O)(=O)N1CCN(c2[c]cnc3ccc(F)cc23)CC1. The number of fused-ring (bicyclic) bond motifs is 1. The van der Waals surface area contributed by atoms with Crippen molar-refractivity contribution >= 4 is 26.6 Å². The molecule has 1 saturated heterocycles. The van der Waals surface area contributed by atoms with E-state index in [0.717, 1.165) is 5.69 Å². The molecular formula is C14H15FN3O2S. The second-order valence-corrected chi connectivity index (χ2v) is 7.04. The Morgan fingerprint density at radius 1 is 1.24 bits per heavy atom. The molecule has 5 nitrogen and oxygen atoms in total. The molecule has 0 atom stereocenters. The number of rotatable bonds is 2. The van der Waals surface area contributed by atoms with Gasteiger partial charge >= 0.3 is 0 Å². The topological polar surface area (TPSA) is 53.5 Å². The van der Waals surface area contributed by atoms with Crippen LogP contribution in [0.3, 0.4) is 0 Å². The average Bonchev–Trinajstić information content (AvgIpc) is 2.46. The summed E-state index contributed by atoms with van der Waals surface area (Å²) in [6.45, 7) is 1.95. The monoisotopic (exact) mass is 308 g/mol. The molecular weight excluding hydrogens is 293 g/mol. The highest BCUT2D eigenvalue weighted by molar-refractivity contribution is 7.88. The minimum Gasteiger partial charge on any atom is -0.368 e. The molecule has 2 heterocycles. The number of sulfonamides is 1. The molecule has 1 aromatic carbocycles.